The maximum atomic E-state index is 14.2. The van der Waals surface area contributed by atoms with Crippen LogP contribution in [-0.4, -0.2) is 109 Å². The van der Waals surface area contributed by atoms with Gasteiger partial charge in [0.25, 0.3) is 0 Å². The van der Waals surface area contributed by atoms with E-state index in [2.05, 4.69) is 20.4 Å². The molecule has 4 amide bonds. The highest BCUT2D eigenvalue weighted by molar-refractivity contribution is 7.88. The largest absolute Gasteiger partial charge is 0.453 e. The van der Waals surface area contributed by atoms with Crippen LogP contribution in [0.4, 0.5) is 20.1 Å². The summed E-state index contributed by atoms with van der Waals surface area (Å²) in [5.41, 5.74) is 1.27. The number of H-pyrrole nitrogens is 1. The fourth-order valence-electron chi connectivity index (χ4n) is 7.01. The van der Waals surface area contributed by atoms with Gasteiger partial charge in [0.15, 0.2) is 0 Å². The number of rotatable bonds is 7. The molecule has 16 heteroatoms. The quantitative estimate of drug-likeness (QED) is 0.347. The monoisotopic (exact) mass is 721 g/mol. The minimum absolute atomic E-state index is 0.0630. The Morgan fingerprint density at radius 1 is 1.00 bits per heavy atom. The zero-order valence-electron chi connectivity index (χ0n) is 28.8. The van der Waals surface area contributed by atoms with E-state index in [1.807, 2.05) is 30.6 Å². The average molecular weight is 722 g/mol. The first-order valence-electron chi connectivity index (χ1n) is 16.8. The first kappa shape index (κ1) is 36.7. The molecule has 49 heavy (non-hydrogen) atoms. The number of likely N-dealkylation sites (tertiary alicyclic amines) is 2. The molecule has 0 bridgehead atoms. The minimum atomic E-state index is -3.25. The topological polar surface area (TPSA) is 166 Å². The molecule has 0 saturated carbocycles. The molecule has 14 nitrogen and oxygen atoms in total. The van der Waals surface area contributed by atoms with Crippen molar-refractivity contribution in [3.05, 3.63) is 35.2 Å². The van der Waals surface area contributed by atoms with Gasteiger partial charge in [-0.2, -0.15) is 0 Å². The Morgan fingerprint density at radius 3 is 2.24 bits per heavy atom. The summed E-state index contributed by atoms with van der Waals surface area (Å²) < 4.78 is 35.8. The van der Waals surface area contributed by atoms with E-state index in [-0.39, 0.29) is 29.8 Å². The van der Waals surface area contributed by atoms with Gasteiger partial charge in [0, 0.05) is 50.5 Å². The minimum Gasteiger partial charge on any atom is -0.453 e. The van der Waals surface area contributed by atoms with Crippen molar-refractivity contribution >= 4 is 45.5 Å². The van der Waals surface area contributed by atoms with Crippen molar-refractivity contribution in [2.45, 2.75) is 64.5 Å². The lowest BCUT2D eigenvalue weighted by atomic mass is 9.83. The Balaban J connectivity index is 1.29. The molecule has 3 fully saturated rings. The number of hydrogen-bond donors (Lipinski definition) is 3. The van der Waals surface area contributed by atoms with Crippen LogP contribution in [0, 0.1) is 17.8 Å². The number of aromatic amines is 1. The summed E-state index contributed by atoms with van der Waals surface area (Å²) in [7, 11) is -1.96. The van der Waals surface area contributed by atoms with E-state index >= 15 is 0 Å². The second-order valence-electron chi connectivity index (χ2n) is 14.2. The highest BCUT2D eigenvalue weighted by Crippen LogP contribution is 2.43. The molecule has 4 heterocycles. The van der Waals surface area contributed by atoms with Gasteiger partial charge in [0.2, 0.25) is 10.0 Å². The van der Waals surface area contributed by atoms with Gasteiger partial charge < -0.3 is 29.6 Å². The average Bonchev–Trinajstić information content (AvgIpc) is 3.67. The number of nitrogens with one attached hydrogen (secondary N) is 3. The Hall–Kier alpha value is -3.56. The smallest absolute Gasteiger partial charge is 0.411 e. The number of nitrogens with zero attached hydrogens (tertiary/aromatic N) is 4. The number of carbonyl (C=O) groups excluding carboxylic acids is 3. The van der Waals surface area contributed by atoms with Gasteiger partial charge in [0.1, 0.15) is 22.3 Å². The Morgan fingerprint density at radius 2 is 1.65 bits per heavy atom. The summed E-state index contributed by atoms with van der Waals surface area (Å²) in [6, 6.07) is 6.65. The number of anilines is 1. The van der Waals surface area contributed by atoms with Crippen LogP contribution in [-0.2, 0) is 19.5 Å². The first-order chi connectivity index (χ1) is 23.1. The first-order valence-corrected chi connectivity index (χ1v) is 19.0. The summed E-state index contributed by atoms with van der Waals surface area (Å²) in [5, 5.41) is 5.83. The van der Waals surface area contributed by atoms with Crippen molar-refractivity contribution < 1.29 is 32.3 Å². The van der Waals surface area contributed by atoms with Gasteiger partial charge in [-0.3, -0.25) is 5.32 Å². The van der Waals surface area contributed by atoms with Crippen molar-refractivity contribution in [3.8, 4) is 11.3 Å². The fourth-order valence-corrected chi connectivity index (χ4v) is 8.13. The second kappa shape index (κ2) is 15.1. The summed E-state index contributed by atoms with van der Waals surface area (Å²) in [5.74, 6) is 1.27. The fraction of sp³-hybridized carbons (Fsp3) is 0.636. The number of urea groups is 1. The molecule has 3 aliphatic heterocycles. The molecule has 5 rings (SSSR count). The third-order valence-corrected chi connectivity index (χ3v) is 11.2. The van der Waals surface area contributed by atoms with Crippen molar-refractivity contribution in [2.24, 2.45) is 17.8 Å². The number of alkyl carbamates (subject to hydrolysis) is 1. The van der Waals surface area contributed by atoms with Crippen LogP contribution in [0.3, 0.4) is 0 Å². The summed E-state index contributed by atoms with van der Waals surface area (Å²) in [4.78, 5) is 49.9. The van der Waals surface area contributed by atoms with Crippen molar-refractivity contribution in [3.63, 3.8) is 0 Å². The van der Waals surface area contributed by atoms with Crippen LogP contribution in [0.1, 0.15) is 64.7 Å². The predicted octanol–water partition coefficient (Wildman–Crippen LogP) is 5.30. The number of carbonyl (C=O) groups is 3. The molecule has 3 N–H and O–H groups in total. The van der Waals surface area contributed by atoms with E-state index in [0.29, 0.717) is 68.0 Å². The van der Waals surface area contributed by atoms with Crippen LogP contribution in [0.25, 0.3) is 11.3 Å². The van der Waals surface area contributed by atoms with Gasteiger partial charge in [0.05, 0.1) is 19.4 Å². The third kappa shape index (κ3) is 9.37. The lowest BCUT2D eigenvalue weighted by Crippen LogP contribution is -2.48. The number of ether oxygens (including phenoxy) is 2. The summed E-state index contributed by atoms with van der Waals surface area (Å²) >= 11 is 6.70. The number of hydrogen-bond acceptors (Lipinski definition) is 8. The lowest BCUT2D eigenvalue weighted by Gasteiger charge is -2.36. The van der Waals surface area contributed by atoms with Gasteiger partial charge >= 0.3 is 18.2 Å². The molecular formula is C33H48ClN7O7S. The number of imidazole rings is 1. The molecule has 2 aromatic rings. The van der Waals surface area contributed by atoms with Gasteiger partial charge in [-0.1, -0.05) is 23.7 Å². The number of amides is 4. The zero-order valence-corrected chi connectivity index (χ0v) is 30.4. The molecule has 0 unspecified atom stereocenters. The second-order valence-corrected chi connectivity index (χ2v) is 16.6. The molecule has 3 saturated heterocycles. The molecule has 0 spiro atoms. The highest BCUT2D eigenvalue weighted by atomic mass is 35.5. The summed E-state index contributed by atoms with van der Waals surface area (Å²) in [6.07, 6.45) is 3.89. The molecule has 0 radical (unpaired) electrons. The van der Waals surface area contributed by atoms with Crippen molar-refractivity contribution in [1.82, 2.24) is 29.4 Å². The van der Waals surface area contributed by atoms with E-state index in [1.54, 1.807) is 24.3 Å². The van der Waals surface area contributed by atoms with Crippen molar-refractivity contribution in [2.75, 3.05) is 58.0 Å². The number of benzene rings is 1. The van der Waals surface area contributed by atoms with E-state index in [9.17, 15) is 22.8 Å². The van der Waals surface area contributed by atoms with E-state index < -0.39 is 27.8 Å². The van der Waals surface area contributed by atoms with Crippen molar-refractivity contribution in [1.29, 1.82) is 0 Å². The van der Waals surface area contributed by atoms with E-state index in [0.717, 1.165) is 31.2 Å². The maximum Gasteiger partial charge on any atom is 0.411 e. The SMILES string of the molecule is COC(=O)Nc1ccc(-c2nc([C@@H]3C[C@H](C4CCN(S(C)(=O)=O)CC4)CN3C(=O)N3CCC(CNC(=O)OC(C)(C)C)CC3)[nH]c2Cl)cc1. The molecule has 1 aromatic carbocycles. The van der Waals surface area contributed by atoms with Crippen LogP contribution in [0.5, 0.6) is 0 Å². The van der Waals surface area contributed by atoms with E-state index in [1.165, 1.54) is 17.7 Å². The Labute approximate surface area is 293 Å². The molecule has 1 aromatic heterocycles. The number of piperidine rings is 2. The van der Waals surface area contributed by atoms with Crippen LogP contribution < -0.4 is 10.6 Å². The van der Waals surface area contributed by atoms with Crippen LogP contribution in [0.2, 0.25) is 5.15 Å². The molecule has 3 aliphatic rings. The molecular weight excluding hydrogens is 674 g/mol. The maximum absolute atomic E-state index is 14.2. The standard InChI is InChI=1S/C33H48ClN7O7S/c1-33(2,3)48-30(42)35-19-21-10-14-39(15-11-21)32(44)41-20-24(22-12-16-40(17-13-22)49(5,45)46)18-26(41)29-37-27(28(34)38-29)23-6-8-25(9-7-23)36-31(43)47-4/h6-9,21-22,24,26H,10-20H2,1-5H3,(H,35,42)(H,36,43)(H,37,38)/t24-,26-/m0/s1. The predicted molar refractivity (Wildman–Crippen MR) is 186 cm³/mol. The van der Waals surface area contributed by atoms with Gasteiger partial charge in [-0.15, -0.1) is 0 Å². The van der Waals surface area contributed by atoms with Crippen LogP contribution >= 0.6 is 11.6 Å². The van der Waals surface area contributed by atoms with Gasteiger partial charge in [-0.25, -0.2) is 32.1 Å². The molecule has 0 aliphatic carbocycles. The third-order valence-electron chi connectivity index (χ3n) is 9.62. The highest BCUT2D eigenvalue weighted by Gasteiger charge is 2.44. The summed E-state index contributed by atoms with van der Waals surface area (Å²) in [6.45, 7) is 8.58. The number of methoxy groups -OCH3 is 1. The van der Waals surface area contributed by atoms with Crippen LogP contribution in [0.15, 0.2) is 24.3 Å². The van der Waals surface area contributed by atoms with Gasteiger partial charge in [-0.05, 0) is 82.8 Å². The normalized spacial score (nSPS) is 21.4. The Bertz CT molecular complexity index is 1600. The molecule has 270 valence electrons. The zero-order chi connectivity index (χ0) is 35.5. The van der Waals surface area contributed by atoms with E-state index in [4.69, 9.17) is 21.3 Å². The Kier molecular flexibility index (Phi) is 11.3. The lowest BCUT2D eigenvalue weighted by molar-refractivity contribution is 0.0509. The number of aromatic nitrogens is 2. The number of sulfonamides is 1. The molecule has 2 atom stereocenters. The number of halogens is 1.